The molecule has 82 valence electrons. The van der Waals surface area contributed by atoms with E-state index in [-0.39, 0.29) is 15.6 Å². The number of primary sulfonamides is 1. The van der Waals surface area contributed by atoms with Crippen molar-refractivity contribution in [2.45, 2.75) is 0 Å². The number of hydrogen-bond donors (Lipinski definition) is 1. The van der Waals surface area contributed by atoms with Crippen molar-refractivity contribution in [1.82, 2.24) is 0 Å². The molecule has 3 nitrogen and oxygen atoms in total. The number of benzene rings is 1. The highest BCUT2D eigenvalue weighted by atomic mass is 35.5. The number of nitrogens with two attached hydrogens (primary N) is 1. The van der Waals surface area contributed by atoms with E-state index in [4.69, 9.17) is 28.3 Å². The van der Waals surface area contributed by atoms with Crippen molar-refractivity contribution in [2.75, 3.05) is 0 Å². The summed E-state index contributed by atoms with van der Waals surface area (Å²) < 4.78 is 34.2. The van der Waals surface area contributed by atoms with E-state index in [1.807, 2.05) is 0 Å². The first-order chi connectivity index (χ1) is 6.79. The zero-order chi connectivity index (χ0) is 11.6. The van der Waals surface area contributed by atoms with Crippen molar-refractivity contribution < 1.29 is 12.8 Å². The van der Waals surface area contributed by atoms with Crippen LogP contribution < -0.4 is 5.14 Å². The molecular weight excluding hydrogens is 264 g/mol. The van der Waals surface area contributed by atoms with Gasteiger partial charge >= 0.3 is 0 Å². The minimum atomic E-state index is -3.76. The Labute approximate surface area is 96.3 Å². The summed E-state index contributed by atoms with van der Waals surface area (Å²) in [6.07, 6.45) is 1.09. The van der Waals surface area contributed by atoms with Crippen LogP contribution in [0.25, 0.3) is 6.08 Å². The topological polar surface area (TPSA) is 60.2 Å². The van der Waals surface area contributed by atoms with Gasteiger partial charge in [-0.25, -0.2) is 17.9 Å². The van der Waals surface area contributed by atoms with Gasteiger partial charge in [-0.2, -0.15) is 0 Å². The Balaban J connectivity index is 3.17. The molecule has 1 rings (SSSR count). The summed E-state index contributed by atoms with van der Waals surface area (Å²) in [6.45, 7) is 0. The first-order valence-corrected chi connectivity index (χ1v) is 6.01. The zero-order valence-electron chi connectivity index (χ0n) is 7.25. The fourth-order valence-electron chi connectivity index (χ4n) is 0.834. The predicted molar refractivity (Wildman–Crippen MR) is 58.6 cm³/mol. The molecular formula is C8H6Cl2FNO2S. The molecule has 0 unspecified atom stereocenters. The van der Waals surface area contributed by atoms with Gasteiger partial charge in [-0.15, -0.1) is 0 Å². The van der Waals surface area contributed by atoms with Gasteiger partial charge in [0, 0.05) is 10.4 Å². The molecule has 7 heteroatoms. The Hall–Kier alpha value is -0.620. The van der Waals surface area contributed by atoms with Gasteiger partial charge in [-0.1, -0.05) is 23.2 Å². The van der Waals surface area contributed by atoms with Gasteiger partial charge in [0.15, 0.2) is 0 Å². The number of sulfonamides is 1. The van der Waals surface area contributed by atoms with Crippen LogP contribution in [0.4, 0.5) is 4.39 Å². The van der Waals surface area contributed by atoms with Gasteiger partial charge in [-0.05, 0) is 23.8 Å². The number of rotatable bonds is 2. The summed E-state index contributed by atoms with van der Waals surface area (Å²) in [5, 5.41) is 5.46. The van der Waals surface area contributed by atoms with Crippen LogP contribution in [-0.4, -0.2) is 8.42 Å². The van der Waals surface area contributed by atoms with Gasteiger partial charge in [0.2, 0.25) is 10.0 Å². The molecule has 0 heterocycles. The second kappa shape index (κ2) is 4.49. The van der Waals surface area contributed by atoms with Crippen LogP contribution in [0.5, 0.6) is 0 Å². The SMILES string of the molecule is NS(=O)(=O)/C=C/c1cc(F)c(Cl)cc1Cl. The first-order valence-electron chi connectivity index (χ1n) is 3.65. The lowest BCUT2D eigenvalue weighted by Crippen LogP contribution is -2.06. The second-order valence-corrected chi connectivity index (χ2v) is 4.94. The molecule has 0 bridgehead atoms. The Morgan fingerprint density at radius 3 is 2.40 bits per heavy atom. The Bertz CT molecular complexity index is 514. The summed E-state index contributed by atoms with van der Waals surface area (Å²) in [5.41, 5.74) is 0.188. The third-order valence-electron chi connectivity index (χ3n) is 1.48. The molecule has 15 heavy (non-hydrogen) atoms. The van der Waals surface area contributed by atoms with Crippen molar-refractivity contribution in [3.63, 3.8) is 0 Å². The van der Waals surface area contributed by atoms with Crippen molar-refractivity contribution >= 4 is 39.3 Å². The van der Waals surface area contributed by atoms with E-state index >= 15 is 0 Å². The van der Waals surface area contributed by atoms with Gasteiger partial charge < -0.3 is 0 Å². The molecule has 2 N–H and O–H groups in total. The van der Waals surface area contributed by atoms with E-state index in [2.05, 4.69) is 0 Å². The molecule has 1 aromatic carbocycles. The predicted octanol–water partition coefficient (Wildman–Crippen LogP) is 2.39. The van der Waals surface area contributed by atoms with Crippen LogP contribution in [0.1, 0.15) is 5.56 Å². The monoisotopic (exact) mass is 269 g/mol. The maximum absolute atomic E-state index is 13.0. The van der Waals surface area contributed by atoms with Crippen LogP contribution in [0, 0.1) is 5.82 Å². The molecule has 0 saturated carbocycles. The van der Waals surface area contributed by atoms with E-state index in [0.717, 1.165) is 17.6 Å². The third-order valence-corrected chi connectivity index (χ3v) is 2.61. The van der Waals surface area contributed by atoms with E-state index in [9.17, 15) is 12.8 Å². The summed E-state index contributed by atoms with van der Waals surface area (Å²) >= 11 is 11.1. The maximum atomic E-state index is 13.0. The van der Waals surface area contributed by atoms with Gasteiger partial charge in [-0.3, -0.25) is 0 Å². The molecule has 0 aliphatic rings. The Morgan fingerprint density at radius 2 is 1.87 bits per heavy atom. The van der Waals surface area contributed by atoms with Gasteiger partial charge in [0.1, 0.15) is 5.82 Å². The van der Waals surface area contributed by atoms with Crippen LogP contribution in [0.3, 0.4) is 0 Å². The molecule has 0 aromatic heterocycles. The summed E-state index contributed by atoms with van der Waals surface area (Å²) in [4.78, 5) is 0. The number of halogens is 3. The molecule has 0 saturated heterocycles. The minimum absolute atomic E-state index is 0.132. The summed E-state index contributed by atoms with van der Waals surface area (Å²) in [6, 6.07) is 2.20. The third kappa shape index (κ3) is 3.79. The summed E-state index contributed by atoms with van der Waals surface area (Å²) in [5.74, 6) is -0.685. The van der Waals surface area contributed by atoms with Gasteiger partial charge in [0.25, 0.3) is 0 Å². The summed E-state index contributed by atoms with van der Waals surface area (Å²) in [7, 11) is -3.76. The van der Waals surface area contributed by atoms with Crippen molar-refractivity contribution in [3.05, 3.63) is 39.0 Å². The lowest BCUT2D eigenvalue weighted by Gasteiger charge is -2.00. The molecule has 0 aliphatic carbocycles. The zero-order valence-corrected chi connectivity index (χ0v) is 9.57. The van der Waals surface area contributed by atoms with E-state index in [1.165, 1.54) is 6.07 Å². The van der Waals surface area contributed by atoms with Crippen LogP contribution in [0.2, 0.25) is 10.0 Å². The average molecular weight is 270 g/mol. The first kappa shape index (κ1) is 12.4. The smallest absolute Gasteiger partial charge is 0.225 e. The molecule has 0 amide bonds. The van der Waals surface area contributed by atoms with Crippen LogP contribution >= 0.6 is 23.2 Å². The Morgan fingerprint density at radius 1 is 1.27 bits per heavy atom. The molecule has 0 fully saturated rings. The largest absolute Gasteiger partial charge is 0.231 e. The maximum Gasteiger partial charge on any atom is 0.231 e. The van der Waals surface area contributed by atoms with Crippen molar-refractivity contribution in [2.24, 2.45) is 5.14 Å². The van der Waals surface area contributed by atoms with E-state index in [0.29, 0.717) is 0 Å². The standard InChI is InChI=1S/C8H6Cl2FNO2S/c9-6-4-7(10)8(11)3-5(6)1-2-15(12,13)14/h1-4H,(H2,12,13,14)/b2-1+. The fourth-order valence-corrected chi connectivity index (χ4v) is 1.62. The van der Waals surface area contributed by atoms with Crippen LogP contribution in [-0.2, 0) is 10.0 Å². The molecule has 0 spiro atoms. The normalized spacial score (nSPS) is 12.3. The van der Waals surface area contributed by atoms with E-state index in [1.54, 1.807) is 0 Å². The quantitative estimate of drug-likeness (QED) is 0.839. The molecule has 1 aromatic rings. The number of hydrogen-bond acceptors (Lipinski definition) is 2. The highest BCUT2D eigenvalue weighted by Gasteiger charge is 2.05. The molecule has 0 aliphatic heterocycles. The molecule has 0 radical (unpaired) electrons. The van der Waals surface area contributed by atoms with Crippen molar-refractivity contribution in [1.29, 1.82) is 0 Å². The fraction of sp³-hybridized carbons (Fsp3) is 0. The van der Waals surface area contributed by atoms with Gasteiger partial charge in [0.05, 0.1) is 5.02 Å². The highest BCUT2D eigenvalue weighted by Crippen LogP contribution is 2.25. The average Bonchev–Trinajstić information content (AvgIpc) is 2.07. The highest BCUT2D eigenvalue weighted by molar-refractivity contribution is 7.92. The lowest BCUT2D eigenvalue weighted by molar-refractivity contribution is 0.606. The minimum Gasteiger partial charge on any atom is -0.225 e. The lowest BCUT2D eigenvalue weighted by atomic mass is 10.2. The van der Waals surface area contributed by atoms with Crippen molar-refractivity contribution in [3.8, 4) is 0 Å². The molecule has 0 atom stereocenters. The Kier molecular flexibility index (Phi) is 3.72. The van der Waals surface area contributed by atoms with E-state index < -0.39 is 15.8 Å². The van der Waals surface area contributed by atoms with Crippen LogP contribution in [0.15, 0.2) is 17.5 Å². The second-order valence-electron chi connectivity index (χ2n) is 2.68.